The lowest BCUT2D eigenvalue weighted by molar-refractivity contribution is -0.385. The van der Waals surface area contributed by atoms with E-state index in [0.717, 1.165) is 5.56 Å². The van der Waals surface area contributed by atoms with Crippen LogP contribution in [0.25, 0.3) is 11.3 Å². The van der Waals surface area contributed by atoms with Crippen LogP contribution in [0.5, 0.6) is 0 Å². The number of hydrazone groups is 1. The highest BCUT2D eigenvalue weighted by atomic mass is 16.6. The molecule has 9 heteroatoms. The summed E-state index contributed by atoms with van der Waals surface area (Å²) < 4.78 is 5.64. The summed E-state index contributed by atoms with van der Waals surface area (Å²) in [6.07, 6.45) is 1.30. The number of nitrogens with zero attached hydrogens (tertiary/aromatic N) is 2. The molecule has 0 unspecified atom stereocenters. The van der Waals surface area contributed by atoms with Crippen LogP contribution in [0.4, 0.5) is 5.69 Å². The third-order valence-electron chi connectivity index (χ3n) is 4.50. The first kappa shape index (κ1) is 21.4. The van der Waals surface area contributed by atoms with Crippen LogP contribution in [-0.2, 0) is 4.79 Å². The zero-order chi connectivity index (χ0) is 22.4. The van der Waals surface area contributed by atoms with Gasteiger partial charge < -0.3 is 9.73 Å². The van der Waals surface area contributed by atoms with Crippen molar-refractivity contribution < 1.29 is 18.9 Å². The number of hydrogen-bond donors (Lipinski definition) is 2. The minimum absolute atomic E-state index is 0.00376. The van der Waals surface area contributed by atoms with E-state index in [2.05, 4.69) is 15.8 Å². The van der Waals surface area contributed by atoms with Crippen molar-refractivity contribution in [2.75, 3.05) is 6.54 Å². The molecule has 1 heterocycles. The van der Waals surface area contributed by atoms with Gasteiger partial charge in [-0.3, -0.25) is 19.7 Å². The fourth-order valence-electron chi connectivity index (χ4n) is 2.83. The van der Waals surface area contributed by atoms with E-state index < -0.39 is 10.8 Å². The number of nitro groups is 1. The predicted molar refractivity (Wildman–Crippen MR) is 115 cm³/mol. The zero-order valence-electron chi connectivity index (χ0n) is 16.9. The second-order valence-corrected chi connectivity index (χ2v) is 6.75. The second-order valence-electron chi connectivity index (χ2n) is 6.75. The number of amides is 2. The fourth-order valence-corrected chi connectivity index (χ4v) is 2.83. The van der Waals surface area contributed by atoms with E-state index in [1.54, 1.807) is 43.3 Å². The molecular formula is C22H20N4O5. The lowest BCUT2D eigenvalue weighted by atomic mass is 10.1. The molecule has 0 fully saturated rings. The highest BCUT2D eigenvalue weighted by Crippen LogP contribution is 2.30. The van der Waals surface area contributed by atoms with Crippen LogP contribution in [0.3, 0.4) is 0 Å². The maximum Gasteiger partial charge on any atom is 0.273 e. The van der Waals surface area contributed by atoms with Gasteiger partial charge in [-0.15, -0.1) is 0 Å². The van der Waals surface area contributed by atoms with Crippen LogP contribution in [0.2, 0.25) is 0 Å². The number of benzene rings is 2. The molecule has 0 saturated heterocycles. The van der Waals surface area contributed by atoms with Gasteiger partial charge >= 0.3 is 0 Å². The van der Waals surface area contributed by atoms with Crippen molar-refractivity contribution >= 4 is 23.7 Å². The number of nitro benzene ring substituents is 1. The van der Waals surface area contributed by atoms with Crippen molar-refractivity contribution in [3.63, 3.8) is 0 Å². The van der Waals surface area contributed by atoms with Crippen LogP contribution < -0.4 is 10.7 Å². The Bertz CT molecular complexity index is 1150. The van der Waals surface area contributed by atoms with Gasteiger partial charge in [-0.05, 0) is 38.1 Å². The number of carbonyl (C=O) groups is 2. The largest absolute Gasteiger partial charge is 0.455 e. The average molecular weight is 420 g/mol. The molecule has 0 bridgehead atoms. The van der Waals surface area contributed by atoms with Gasteiger partial charge in [-0.25, -0.2) is 5.43 Å². The molecule has 3 rings (SSSR count). The maximum absolute atomic E-state index is 12.0. The van der Waals surface area contributed by atoms with Gasteiger partial charge in [-0.2, -0.15) is 5.10 Å². The molecule has 0 aliphatic rings. The SMILES string of the molecule is Cc1ccc(C(=O)NCC(=O)N/N=C\c2ccc(-c3cccc([N+](=O)[O-])c3C)o2)cc1. The molecule has 0 radical (unpaired) electrons. The number of carbonyl (C=O) groups excluding carboxylic acids is 2. The molecule has 0 spiro atoms. The third-order valence-corrected chi connectivity index (χ3v) is 4.50. The molecular weight excluding hydrogens is 400 g/mol. The molecule has 2 aromatic carbocycles. The Kier molecular flexibility index (Phi) is 6.56. The van der Waals surface area contributed by atoms with Crippen LogP contribution in [0, 0.1) is 24.0 Å². The number of aryl methyl sites for hydroxylation is 1. The van der Waals surface area contributed by atoms with Crippen LogP contribution in [0.1, 0.15) is 27.2 Å². The first-order valence-corrected chi connectivity index (χ1v) is 9.36. The van der Waals surface area contributed by atoms with Gasteiger partial charge in [0, 0.05) is 22.8 Å². The number of furan rings is 1. The van der Waals surface area contributed by atoms with Crippen molar-refractivity contribution in [2.24, 2.45) is 5.10 Å². The normalized spacial score (nSPS) is 10.8. The Morgan fingerprint density at radius 1 is 1.10 bits per heavy atom. The summed E-state index contributed by atoms with van der Waals surface area (Å²) in [5.74, 6) is -0.0654. The monoisotopic (exact) mass is 420 g/mol. The second kappa shape index (κ2) is 9.49. The van der Waals surface area contributed by atoms with Crippen LogP contribution >= 0.6 is 0 Å². The highest BCUT2D eigenvalue weighted by molar-refractivity contribution is 5.96. The molecule has 0 atom stereocenters. The standard InChI is InChI=1S/C22H20N4O5/c1-14-6-8-16(9-7-14)22(28)23-13-21(27)25-24-12-17-10-11-20(31-17)18-4-3-5-19(15(18)2)26(29)30/h3-12H,13H2,1-2H3,(H,23,28)(H,25,27)/b24-12-. The molecule has 31 heavy (non-hydrogen) atoms. The van der Waals surface area contributed by atoms with E-state index in [1.165, 1.54) is 12.3 Å². The Labute approximate surface area is 177 Å². The lowest BCUT2D eigenvalue weighted by Gasteiger charge is -2.04. The van der Waals surface area contributed by atoms with E-state index in [9.17, 15) is 19.7 Å². The molecule has 0 aliphatic carbocycles. The molecule has 0 aliphatic heterocycles. The molecule has 9 nitrogen and oxygen atoms in total. The quantitative estimate of drug-likeness (QED) is 0.344. The molecule has 2 amide bonds. The van der Waals surface area contributed by atoms with Crippen LogP contribution in [0.15, 0.2) is 64.1 Å². The smallest absolute Gasteiger partial charge is 0.273 e. The fraction of sp³-hybridized carbons (Fsp3) is 0.136. The van der Waals surface area contributed by atoms with Gasteiger partial charge in [0.2, 0.25) is 0 Å². The minimum Gasteiger partial charge on any atom is -0.455 e. The Hall–Kier alpha value is -4.27. The Balaban J connectivity index is 1.55. The van der Waals surface area contributed by atoms with E-state index in [-0.39, 0.29) is 18.1 Å². The van der Waals surface area contributed by atoms with Crippen LogP contribution in [-0.4, -0.2) is 29.5 Å². The van der Waals surface area contributed by atoms with Gasteiger partial charge in [0.05, 0.1) is 17.7 Å². The molecule has 3 aromatic rings. The maximum atomic E-state index is 12.0. The van der Waals surface area contributed by atoms with Crippen molar-refractivity contribution in [2.45, 2.75) is 13.8 Å². The summed E-state index contributed by atoms with van der Waals surface area (Å²) in [7, 11) is 0. The van der Waals surface area contributed by atoms with Gasteiger partial charge in [0.1, 0.15) is 11.5 Å². The average Bonchev–Trinajstić information content (AvgIpc) is 3.21. The van der Waals surface area contributed by atoms with E-state index >= 15 is 0 Å². The minimum atomic E-state index is -0.502. The number of hydrogen-bond acceptors (Lipinski definition) is 6. The van der Waals surface area contributed by atoms with E-state index in [4.69, 9.17) is 4.42 Å². The first-order chi connectivity index (χ1) is 14.8. The van der Waals surface area contributed by atoms with Crippen molar-refractivity contribution in [3.8, 4) is 11.3 Å². The van der Waals surface area contributed by atoms with Crippen molar-refractivity contribution in [1.29, 1.82) is 0 Å². The molecule has 1 aromatic heterocycles. The summed E-state index contributed by atoms with van der Waals surface area (Å²) in [6.45, 7) is 3.33. The predicted octanol–water partition coefficient (Wildman–Crippen LogP) is 3.35. The van der Waals surface area contributed by atoms with Gasteiger partial charge in [0.25, 0.3) is 17.5 Å². The van der Waals surface area contributed by atoms with Gasteiger partial charge in [0.15, 0.2) is 0 Å². The Morgan fingerprint density at radius 2 is 1.84 bits per heavy atom. The molecule has 158 valence electrons. The summed E-state index contributed by atoms with van der Waals surface area (Å²) >= 11 is 0. The van der Waals surface area contributed by atoms with Crippen molar-refractivity contribution in [1.82, 2.24) is 10.7 Å². The lowest BCUT2D eigenvalue weighted by Crippen LogP contribution is -2.34. The topological polar surface area (TPSA) is 127 Å². The number of nitrogens with one attached hydrogen (secondary N) is 2. The summed E-state index contributed by atoms with van der Waals surface area (Å²) in [5, 5.41) is 17.4. The molecule has 2 N–H and O–H groups in total. The zero-order valence-corrected chi connectivity index (χ0v) is 16.9. The van der Waals surface area contributed by atoms with Crippen molar-refractivity contribution in [3.05, 3.63) is 87.2 Å². The summed E-state index contributed by atoms with van der Waals surface area (Å²) in [4.78, 5) is 34.5. The summed E-state index contributed by atoms with van der Waals surface area (Å²) in [5.41, 5.74) is 4.88. The molecule has 0 saturated carbocycles. The van der Waals surface area contributed by atoms with E-state index in [1.807, 2.05) is 19.1 Å². The number of rotatable bonds is 7. The van der Waals surface area contributed by atoms with Gasteiger partial charge in [-0.1, -0.05) is 29.8 Å². The first-order valence-electron chi connectivity index (χ1n) is 9.36. The van der Waals surface area contributed by atoms with E-state index in [0.29, 0.717) is 28.2 Å². The summed E-state index contributed by atoms with van der Waals surface area (Å²) in [6, 6.07) is 15.0. The Morgan fingerprint density at radius 3 is 2.55 bits per heavy atom. The highest BCUT2D eigenvalue weighted by Gasteiger charge is 2.16. The third kappa shape index (κ3) is 5.41.